The third kappa shape index (κ3) is 4.61. The van der Waals surface area contributed by atoms with E-state index in [9.17, 15) is 9.59 Å². The molecule has 7 heteroatoms. The lowest BCUT2D eigenvalue weighted by Crippen LogP contribution is -2.54. The summed E-state index contributed by atoms with van der Waals surface area (Å²) in [5.74, 6) is 1.11. The molecule has 6 nitrogen and oxygen atoms in total. The van der Waals surface area contributed by atoms with Gasteiger partial charge in [-0.05, 0) is 43.1 Å². The number of nitrogens with zero attached hydrogens (tertiary/aromatic N) is 2. The Bertz CT molecular complexity index is 425. The highest BCUT2D eigenvalue weighted by Crippen LogP contribution is 2.40. The van der Waals surface area contributed by atoms with Crippen molar-refractivity contribution in [2.75, 3.05) is 44.8 Å². The molecule has 2 saturated heterocycles. The van der Waals surface area contributed by atoms with E-state index in [2.05, 4.69) is 0 Å². The number of likely N-dealkylation sites (tertiary alicyclic amines) is 2. The third-order valence-corrected chi connectivity index (χ3v) is 5.85. The highest BCUT2D eigenvalue weighted by atomic mass is 32.2. The van der Waals surface area contributed by atoms with Crippen molar-refractivity contribution in [3.05, 3.63) is 0 Å². The maximum absolute atomic E-state index is 12.4. The van der Waals surface area contributed by atoms with Crippen molar-refractivity contribution < 1.29 is 14.7 Å². The lowest BCUT2D eigenvalue weighted by Gasteiger charge is -2.47. The first-order chi connectivity index (χ1) is 11.0. The second kappa shape index (κ2) is 8.35. The van der Waals surface area contributed by atoms with E-state index in [0.29, 0.717) is 19.5 Å². The van der Waals surface area contributed by atoms with Crippen LogP contribution in [0.25, 0.3) is 0 Å². The van der Waals surface area contributed by atoms with E-state index < -0.39 is 6.04 Å². The fraction of sp³-hybridized carbons (Fsp3) is 0.875. The van der Waals surface area contributed by atoms with E-state index in [1.165, 1.54) is 0 Å². The molecule has 0 bridgehead atoms. The van der Waals surface area contributed by atoms with Gasteiger partial charge in [0.15, 0.2) is 0 Å². The summed E-state index contributed by atoms with van der Waals surface area (Å²) in [5.41, 5.74) is 6.11. The van der Waals surface area contributed by atoms with Crippen molar-refractivity contribution in [3.8, 4) is 0 Å². The van der Waals surface area contributed by atoms with Gasteiger partial charge >= 0.3 is 0 Å². The van der Waals surface area contributed by atoms with Crippen molar-refractivity contribution >= 4 is 23.6 Å². The summed E-state index contributed by atoms with van der Waals surface area (Å²) < 4.78 is 0. The molecule has 0 radical (unpaired) electrons. The zero-order valence-electron chi connectivity index (χ0n) is 14.0. The average Bonchev–Trinajstić information content (AvgIpc) is 2.56. The molecule has 0 unspecified atom stereocenters. The molecule has 0 aromatic heterocycles. The number of thioether (sulfide) groups is 1. The average molecular weight is 343 g/mol. The van der Waals surface area contributed by atoms with Gasteiger partial charge in [0.25, 0.3) is 0 Å². The van der Waals surface area contributed by atoms with Gasteiger partial charge in [-0.25, -0.2) is 0 Å². The van der Waals surface area contributed by atoms with Crippen LogP contribution in [0.5, 0.6) is 0 Å². The van der Waals surface area contributed by atoms with Crippen LogP contribution in [0, 0.1) is 5.41 Å². The lowest BCUT2D eigenvalue weighted by molar-refractivity contribution is -0.143. The Morgan fingerprint density at radius 3 is 2.70 bits per heavy atom. The summed E-state index contributed by atoms with van der Waals surface area (Å²) in [6, 6.07) is -0.393. The minimum absolute atomic E-state index is 0.0106. The molecule has 2 fully saturated rings. The quantitative estimate of drug-likeness (QED) is 0.724. The molecule has 0 saturated carbocycles. The van der Waals surface area contributed by atoms with Gasteiger partial charge in [0, 0.05) is 32.6 Å². The Morgan fingerprint density at radius 2 is 2.09 bits per heavy atom. The maximum Gasteiger partial charge on any atom is 0.239 e. The maximum atomic E-state index is 12.4. The number of nitrogens with two attached hydrogens (primary N) is 1. The number of carbonyl (C=O) groups is 2. The number of amides is 2. The molecule has 0 aliphatic carbocycles. The molecule has 23 heavy (non-hydrogen) atoms. The smallest absolute Gasteiger partial charge is 0.239 e. The molecule has 1 atom stereocenters. The fourth-order valence-electron chi connectivity index (χ4n) is 3.64. The Morgan fingerprint density at radius 1 is 1.39 bits per heavy atom. The van der Waals surface area contributed by atoms with Gasteiger partial charge in [0.05, 0.1) is 12.6 Å². The van der Waals surface area contributed by atoms with Crippen molar-refractivity contribution in [1.82, 2.24) is 9.80 Å². The Kier molecular flexibility index (Phi) is 6.73. The van der Waals surface area contributed by atoms with Crippen LogP contribution in [0.4, 0.5) is 0 Å². The monoisotopic (exact) mass is 343 g/mol. The van der Waals surface area contributed by atoms with Gasteiger partial charge in [0.2, 0.25) is 11.8 Å². The molecule has 132 valence electrons. The second-order valence-corrected chi connectivity index (χ2v) is 7.74. The van der Waals surface area contributed by atoms with E-state index in [1.54, 1.807) is 16.7 Å². The molecule has 2 amide bonds. The third-order valence-electron chi connectivity index (χ3n) is 5.20. The molecular weight excluding hydrogens is 314 g/mol. The van der Waals surface area contributed by atoms with Crippen molar-refractivity contribution in [2.24, 2.45) is 11.1 Å². The molecule has 1 spiro atoms. The predicted octanol–water partition coefficient (Wildman–Crippen LogP) is 0.290. The van der Waals surface area contributed by atoms with Crippen LogP contribution in [0.2, 0.25) is 0 Å². The van der Waals surface area contributed by atoms with Gasteiger partial charge < -0.3 is 20.6 Å². The molecule has 2 aliphatic heterocycles. The Labute approximate surface area is 142 Å². The van der Waals surface area contributed by atoms with Crippen LogP contribution in [-0.4, -0.2) is 77.6 Å². The molecule has 3 N–H and O–H groups in total. The highest BCUT2D eigenvalue weighted by Gasteiger charge is 2.41. The van der Waals surface area contributed by atoms with Gasteiger partial charge in [-0.15, -0.1) is 0 Å². The van der Waals surface area contributed by atoms with Crippen LogP contribution in [0.1, 0.15) is 32.1 Å². The van der Waals surface area contributed by atoms with Crippen LogP contribution in [-0.2, 0) is 9.59 Å². The molecule has 2 aliphatic rings. The molecule has 0 aromatic rings. The van der Waals surface area contributed by atoms with E-state index in [0.717, 1.165) is 44.5 Å². The van der Waals surface area contributed by atoms with Crippen molar-refractivity contribution in [1.29, 1.82) is 0 Å². The van der Waals surface area contributed by atoms with Crippen LogP contribution in [0.3, 0.4) is 0 Å². The first kappa shape index (κ1) is 18.5. The summed E-state index contributed by atoms with van der Waals surface area (Å²) >= 11 is 1.71. The number of hydrogen-bond acceptors (Lipinski definition) is 5. The second-order valence-electron chi connectivity index (χ2n) is 6.75. The molecular formula is C16H29N3O3S. The van der Waals surface area contributed by atoms with Crippen LogP contribution < -0.4 is 5.73 Å². The van der Waals surface area contributed by atoms with E-state index >= 15 is 0 Å². The van der Waals surface area contributed by atoms with Gasteiger partial charge in [-0.3, -0.25) is 9.59 Å². The number of aliphatic hydroxyl groups is 1. The van der Waals surface area contributed by atoms with E-state index in [4.69, 9.17) is 10.8 Å². The zero-order chi connectivity index (χ0) is 16.9. The highest BCUT2D eigenvalue weighted by molar-refractivity contribution is 7.98. The Hall–Kier alpha value is -0.790. The zero-order valence-corrected chi connectivity index (χ0v) is 14.8. The normalized spacial score (nSPS) is 22.5. The van der Waals surface area contributed by atoms with Crippen molar-refractivity contribution in [2.45, 2.75) is 38.1 Å². The van der Waals surface area contributed by atoms with Crippen LogP contribution >= 0.6 is 11.8 Å². The summed E-state index contributed by atoms with van der Waals surface area (Å²) in [6.45, 7) is 2.60. The summed E-state index contributed by atoms with van der Waals surface area (Å²) in [7, 11) is 0. The minimum Gasteiger partial charge on any atom is -0.395 e. The predicted molar refractivity (Wildman–Crippen MR) is 92.1 cm³/mol. The van der Waals surface area contributed by atoms with E-state index in [1.807, 2.05) is 11.2 Å². The minimum atomic E-state index is -0.393. The van der Waals surface area contributed by atoms with E-state index in [-0.39, 0.29) is 23.8 Å². The van der Waals surface area contributed by atoms with Crippen molar-refractivity contribution in [3.63, 3.8) is 0 Å². The van der Waals surface area contributed by atoms with Gasteiger partial charge in [0.1, 0.15) is 0 Å². The summed E-state index contributed by atoms with van der Waals surface area (Å²) in [5, 5.41) is 9.11. The molecule has 2 heterocycles. The first-order valence-electron chi connectivity index (χ1n) is 8.43. The summed E-state index contributed by atoms with van der Waals surface area (Å²) in [6.07, 6.45) is 6.03. The largest absolute Gasteiger partial charge is 0.395 e. The SMILES string of the molecule is CSCC[C@H](N)C(=O)N1CCC2(CCC(=O)N(CCO)C2)CC1. The summed E-state index contributed by atoms with van der Waals surface area (Å²) in [4.78, 5) is 28.0. The van der Waals surface area contributed by atoms with Crippen LogP contribution in [0.15, 0.2) is 0 Å². The number of carbonyl (C=O) groups excluding carboxylic acids is 2. The number of aliphatic hydroxyl groups excluding tert-OH is 1. The Balaban J connectivity index is 1.87. The molecule has 2 rings (SSSR count). The fourth-order valence-corrected chi connectivity index (χ4v) is 4.13. The number of hydrogen-bond donors (Lipinski definition) is 2. The number of rotatable bonds is 6. The standard InChI is InChI=1S/C16H29N3O3S/c1-23-11-3-13(17)15(22)18-7-5-16(6-8-18)4-2-14(21)19(12-16)9-10-20/h13,20H,2-12,17H2,1H3/t13-/m0/s1. The topological polar surface area (TPSA) is 86.9 Å². The lowest BCUT2D eigenvalue weighted by atomic mass is 9.72. The number of piperidine rings is 2. The number of β-amino-alcohol motifs (C(OH)–C–C–N with tert-alkyl or cyclic N) is 1. The molecule has 0 aromatic carbocycles. The van der Waals surface area contributed by atoms with Gasteiger partial charge in [-0.2, -0.15) is 11.8 Å². The van der Waals surface area contributed by atoms with Gasteiger partial charge in [-0.1, -0.05) is 0 Å². The first-order valence-corrected chi connectivity index (χ1v) is 9.83.